The third-order valence-corrected chi connectivity index (χ3v) is 6.15. The van der Waals surface area contributed by atoms with E-state index in [0.29, 0.717) is 50.4 Å². The van der Waals surface area contributed by atoms with E-state index in [1.54, 1.807) is 16.7 Å². The zero-order valence-electron chi connectivity index (χ0n) is 18.5. The van der Waals surface area contributed by atoms with Crippen molar-refractivity contribution in [3.63, 3.8) is 0 Å². The molecule has 2 aliphatic heterocycles. The first-order valence-corrected chi connectivity index (χ1v) is 11.2. The fraction of sp³-hybridized carbons (Fsp3) is 0.652. The summed E-state index contributed by atoms with van der Waals surface area (Å²) in [6.07, 6.45) is 3.12. The number of carbonyl (C=O) groups is 2. The molecule has 0 aromatic heterocycles. The van der Waals surface area contributed by atoms with Gasteiger partial charge in [0.05, 0.1) is 5.69 Å². The minimum absolute atomic E-state index is 0.0204. The van der Waals surface area contributed by atoms with Gasteiger partial charge in [-0.25, -0.2) is 8.78 Å². The van der Waals surface area contributed by atoms with Crippen molar-refractivity contribution in [2.24, 2.45) is 5.92 Å². The van der Waals surface area contributed by atoms with Crippen molar-refractivity contribution in [3.8, 4) is 0 Å². The lowest BCUT2D eigenvalue weighted by molar-refractivity contribution is -0.139. The highest BCUT2D eigenvalue weighted by molar-refractivity contribution is 5.94. The molecule has 0 spiro atoms. The lowest BCUT2D eigenvalue weighted by Gasteiger charge is -2.33. The fourth-order valence-electron chi connectivity index (χ4n) is 4.34. The number of carbonyl (C=O) groups excluding carboxylic acids is 2. The van der Waals surface area contributed by atoms with E-state index in [0.717, 1.165) is 38.1 Å². The van der Waals surface area contributed by atoms with E-state index in [2.05, 4.69) is 4.90 Å². The average molecular weight is 438 g/mol. The maximum atomic E-state index is 14.2. The summed E-state index contributed by atoms with van der Waals surface area (Å²) in [4.78, 5) is 31.5. The Bertz CT molecular complexity index is 784. The molecule has 0 unspecified atom stereocenters. The van der Waals surface area contributed by atoms with Crippen molar-refractivity contribution in [1.29, 1.82) is 0 Å². The Morgan fingerprint density at radius 3 is 2.35 bits per heavy atom. The molecular formula is C23H33F2N3O3. The number of fused-ring (bicyclic) bond motifs is 1. The monoisotopic (exact) mass is 437 g/mol. The maximum absolute atomic E-state index is 14.2. The van der Waals surface area contributed by atoms with Crippen LogP contribution in [0.5, 0.6) is 0 Å². The van der Waals surface area contributed by atoms with Crippen molar-refractivity contribution in [1.82, 2.24) is 9.80 Å². The number of hydrogen-bond donors (Lipinski definition) is 0. The van der Waals surface area contributed by atoms with Crippen LogP contribution in [0.3, 0.4) is 0 Å². The van der Waals surface area contributed by atoms with Crippen LogP contribution in [0.25, 0.3) is 0 Å². The van der Waals surface area contributed by atoms with Gasteiger partial charge < -0.3 is 19.4 Å². The normalized spacial score (nSPS) is 20.0. The van der Waals surface area contributed by atoms with E-state index < -0.39 is 11.6 Å². The molecule has 2 amide bonds. The lowest BCUT2D eigenvalue weighted by Crippen LogP contribution is -2.41. The molecule has 0 radical (unpaired) electrons. The molecule has 1 saturated heterocycles. The van der Waals surface area contributed by atoms with Gasteiger partial charge in [-0.15, -0.1) is 0 Å². The van der Waals surface area contributed by atoms with Gasteiger partial charge in [0.15, 0.2) is 11.6 Å². The molecule has 6 nitrogen and oxygen atoms in total. The summed E-state index contributed by atoms with van der Waals surface area (Å²) in [5.74, 6) is -2.20. The van der Waals surface area contributed by atoms with Crippen LogP contribution in [-0.4, -0.2) is 68.1 Å². The van der Waals surface area contributed by atoms with Crippen LogP contribution < -0.4 is 4.90 Å². The van der Waals surface area contributed by atoms with E-state index in [9.17, 15) is 18.4 Å². The molecule has 1 fully saturated rings. The van der Waals surface area contributed by atoms with E-state index in [4.69, 9.17) is 4.74 Å². The Morgan fingerprint density at radius 2 is 1.68 bits per heavy atom. The summed E-state index contributed by atoms with van der Waals surface area (Å²) in [6.45, 7) is 5.57. The van der Waals surface area contributed by atoms with E-state index in [1.807, 2.05) is 7.05 Å². The first-order chi connectivity index (χ1) is 14.9. The molecule has 0 atom stereocenters. The van der Waals surface area contributed by atoms with Gasteiger partial charge in [0.25, 0.3) is 0 Å². The minimum atomic E-state index is -0.987. The van der Waals surface area contributed by atoms with E-state index >= 15 is 0 Å². The van der Waals surface area contributed by atoms with Crippen LogP contribution in [0, 0.1) is 17.6 Å². The minimum Gasteiger partial charge on any atom is -0.381 e. The highest BCUT2D eigenvalue weighted by Crippen LogP contribution is 2.28. The zero-order valence-corrected chi connectivity index (χ0v) is 18.5. The largest absolute Gasteiger partial charge is 0.381 e. The SMILES string of the molecule is CCC(=O)N1CCCN(C)CCCN(C(=O)C2CCOCC2)Cc2cc(F)c(F)cc21. The number of anilines is 1. The van der Waals surface area contributed by atoms with E-state index in [-0.39, 0.29) is 30.7 Å². The Balaban J connectivity index is 1.98. The second kappa shape index (κ2) is 11.0. The molecular weight excluding hydrogens is 404 g/mol. The van der Waals surface area contributed by atoms with Crippen molar-refractivity contribution < 1.29 is 23.1 Å². The molecule has 31 heavy (non-hydrogen) atoms. The van der Waals surface area contributed by atoms with Crippen LogP contribution in [0.4, 0.5) is 14.5 Å². The molecule has 2 heterocycles. The summed E-state index contributed by atoms with van der Waals surface area (Å²) in [5, 5.41) is 0. The molecule has 1 aromatic rings. The smallest absolute Gasteiger partial charge is 0.226 e. The zero-order chi connectivity index (χ0) is 22.4. The fourth-order valence-corrected chi connectivity index (χ4v) is 4.34. The summed E-state index contributed by atoms with van der Waals surface area (Å²) < 4.78 is 33.8. The van der Waals surface area contributed by atoms with Crippen molar-refractivity contribution in [2.45, 2.75) is 45.6 Å². The Labute approximate surface area is 183 Å². The number of benzene rings is 1. The summed E-state index contributed by atoms with van der Waals surface area (Å²) in [5.41, 5.74) is 0.828. The molecule has 0 bridgehead atoms. The summed E-state index contributed by atoms with van der Waals surface area (Å²) in [6, 6.07) is 2.24. The second-order valence-corrected chi connectivity index (χ2v) is 8.45. The van der Waals surface area contributed by atoms with Crippen molar-refractivity contribution in [2.75, 3.05) is 51.3 Å². The number of rotatable bonds is 2. The van der Waals surface area contributed by atoms with Gasteiger partial charge in [-0.05, 0) is 57.5 Å². The average Bonchev–Trinajstić information content (AvgIpc) is 2.77. The predicted octanol–water partition coefficient (Wildman–Crippen LogP) is 3.19. The molecule has 0 N–H and O–H groups in total. The first kappa shape index (κ1) is 23.6. The highest BCUT2D eigenvalue weighted by Gasteiger charge is 2.29. The first-order valence-electron chi connectivity index (χ1n) is 11.2. The van der Waals surface area contributed by atoms with Gasteiger partial charge in [0, 0.05) is 51.3 Å². The van der Waals surface area contributed by atoms with Gasteiger partial charge in [-0.3, -0.25) is 9.59 Å². The van der Waals surface area contributed by atoms with Gasteiger partial charge >= 0.3 is 0 Å². The Hall–Kier alpha value is -2.06. The number of hydrogen-bond acceptors (Lipinski definition) is 4. The number of nitrogens with zero attached hydrogens (tertiary/aromatic N) is 3. The number of amides is 2. The predicted molar refractivity (Wildman–Crippen MR) is 115 cm³/mol. The van der Waals surface area contributed by atoms with Gasteiger partial charge in [0.2, 0.25) is 11.8 Å². The Kier molecular flexibility index (Phi) is 8.37. The van der Waals surface area contributed by atoms with Crippen molar-refractivity contribution >= 4 is 17.5 Å². The summed E-state index contributed by atoms with van der Waals surface area (Å²) in [7, 11) is 2.02. The second-order valence-electron chi connectivity index (χ2n) is 8.45. The molecule has 1 aromatic carbocycles. The van der Waals surface area contributed by atoms with Crippen LogP contribution in [0.2, 0.25) is 0 Å². The van der Waals surface area contributed by atoms with Crippen LogP contribution >= 0.6 is 0 Å². The molecule has 2 aliphatic rings. The topological polar surface area (TPSA) is 53.1 Å². The standard InChI is InChI=1S/C23H33F2N3O3/c1-3-22(29)28-11-5-9-26(2)8-4-10-27(23(30)17-6-12-31-13-7-17)16-18-14-19(24)20(25)15-21(18)28/h14-15,17H,3-13,16H2,1-2H3. The Morgan fingerprint density at radius 1 is 1.03 bits per heavy atom. The number of ether oxygens (including phenoxy) is 1. The van der Waals surface area contributed by atoms with Gasteiger partial charge in [-0.1, -0.05) is 6.92 Å². The molecule has 0 aliphatic carbocycles. The number of halogens is 2. The highest BCUT2D eigenvalue weighted by atomic mass is 19.2. The van der Waals surface area contributed by atoms with Gasteiger partial charge in [-0.2, -0.15) is 0 Å². The third kappa shape index (κ3) is 6.01. The van der Waals surface area contributed by atoms with Gasteiger partial charge in [0.1, 0.15) is 0 Å². The lowest BCUT2D eigenvalue weighted by atomic mass is 9.98. The van der Waals surface area contributed by atoms with Crippen LogP contribution in [-0.2, 0) is 20.9 Å². The quantitative estimate of drug-likeness (QED) is 0.713. The molecule has 172 valence electrons. The van der Waals surface area contributed by atoms with E-state index in [1.165, 1.54) is 0 Å². The summed E-state index contributed by atoms with van der Waals surface area (Å²) >= 11 is 0. The molecule has 3 rings (SSSR count). The molecule has 0 saturated carbocycles. The molecule has 8 heteroatoms. The van der Waals surface area contributed by atoms with Crippen molar-refractivity contribution in [3.05, 3.63) is 29.3 Å². The van der Waals surface area contributed by atoms with Crippen LogP contribution in [0.1, 0.15) is 44.6 Å². The third-order valence-electron chi connectivity index (χ3n) is 6.15. The van der Waals surface area contributed by atoms with Crippen LogP contribution in [0.15, 0.2) is 12.1 Å². The maximum Gasteiger partial charge on any atom is 0.226 e.